The van der Waals surface area contributed by atoms with Crippen molar-refractivity contribution in [1.82, 2.24) is 0 Å². The van der Waals surface area contributed by atoms with Gasteiger partial charge in [-0.3, -0.25) is 4.79 Å². The lowest BCUT2D eigenvalue weighted by Crippen LogP contribution is -2.43. The average Bonchev–Trinajstić information content (AvgIpc) is 2.90. The van der Waals surface area contributed by atoms with Crippen LogP contribution >= 0.6 is 0 Å². The van der Waals surface area contributed by atoms with Crippen LogP contribution in [-0.4, -0.2) is 33.3 Å². The van der Waals surface area contributed by atoms with Crippen molar-refractivity contribution in [2.24, 2.45) is 5.41 Å². The van der Waals surface area contributed by atoms with E-state index in [9.17, 15) is 9.59 Å². The van der Waals surface area contributed by atoms with E-state index >= 15 is 0 Å². The maximum atomic E-state index is 12.8. The van der Waals surface area contributed by atoms with Crippen molar-refractivity contribution in [1.29, 1.82) is 0 Å². The number of benzene rings is 1. The van der Waals surface area contributed by atoms with Gasteiger partial charge in [-0.15, -0.1) is 0 Å². The summed E-state index contributed by atoms with van der Waals surface area (Å²) in [6.07, 6.45) is 2.37. The summed E-state index contributed by atoms with van der Waals surface area (Å²) in [5.74, 6) is -0.142. The highest BCUT2D eigenvalue weighted by atomic mass is 16.5. The first-order chi connectivity index (χ1) is 11.8. The van der Waals surface area contributed by atoms with Crippen molar-refractivity contribution in [3.63, 3.8) is 0 Å². The van der Waals surface area contributed by atoms with Gasteiger partial charge in [0.15, 0.2) is 0 Å². The van der Waals surface area contributed by atoms with Crippen molar-refractivity contribution in [3.05, 3.63) is 34.9 Å². The largest absolute Gasteiger partial charge is 0.496 e. The predicted molar refractivity (Wildman–Crippen MR) is 93.3 cm³/mol. The van der Waals surface area contributed by atoms with Crippen molar-refractivity contribution in [2.45, 2.75) is 38.5 Å². The standard InChI is InChI=1S/C20H24O5/c1-19-10-7-11-20(2,18(22)25-5)16(19)15(17(21)24-4)14-12(19)8-6-9-13(14)23-3/h6,8-9H,7,10-11H2,1-5H3/t19-,20+/m0/s1. The van der Waals surface area contributed by atoms with Crippen LogP contribution in [0.25, 0.3) is 5.57 Å². The minimum atomic E-state index is -0.866. The van der Waals surface area contributed by atoms with Gasteiger partial charge in [0, 0.05) is 11.0 Å². The van der Waals surface area contributed by atoms with E-state index in [1.807, 2.05) is 25.1 Å². The molecule has 5 nitrogen and oxygen atoms in total. The van der Waals surface area contributed by atoms with E-state index in [0.29, 0.717) is 17.7 Å². The Kier molecular flexibility index (Phi) is 4.13. The maximum absolute atomic E-state index is 12.8. The highest BCUT2D eigenvalue weighted by molar-refractivity contribution is 6.22. The molecule has 0 spiro atoms. The van der Waals surface area contributed by atoms with Crippen LogP contribution in [0.2, 0.25) is 0 Å². The fraction of sp³-hybridized carbons (Fsp3) is 0.500. The predicted octanol–water partition coefficient (Wildman–Crippen LogP) is 3.26. The second kappa shape index (κ2) is 5.90. The van der Waals surface area contributed by atoms with Crippen LogP contribution in [-0.2, 0) is 24.5 Å². The van der Waals surface area contributed by atoms with Crippen molar-refractivity contribution in [3.8, 4) is 5.75 Å². The maximum Gasteiger partial charge on any atom is 0.338 e. The van der Waals surface area contributed by atoms with Crippen LogP contribution in [0.3, 0.4) is 0 Å². The summed E-state index contributed by atoms with van der Waals surface area (Å²) in [6, 6.07) is 5.76. The molecule has 0 saturated heterocycles. The highest BCUT2D eigenvalue weighted by Crippen LogP contribution is 2.61. The number of esters is 2. The average molecular weight is 344 g/mol. The van der Waals surface area contributed by atoms with Crippen LogP contribution in [0.4, 0.5) is 0 Å². The van der Waals surface area contributed by atoms with Crippen LogP contribution < -0.4 is 4.74 Å². The van der Waals surface area contributed by atoms with E-state index in [0.717, 1.165) is 29.5 Å². The molecule has 0 radical (unpaired) electrons. The van der Waals surface area contributed by atoms with Gasteiger partial charge in [0.1, 0.15) is 5.75 Å². The third-order valence-electron chi connectivity index (χ3n) is 5.82. The smallest absolute Gasteiger partial charge is 0.338 e. The summed E-state index contributed by atoms with van der Waals surface area (Å²) in [5, 5.41) is 0. The molecule has 3 rings (SSSR count). The molecule has 25 heavy (non-hydrogen) atoms. The summed E-state index contributed by atoms with van der Waals surface area (Å²) in [7, 11) is 4.33. The first-order valence-corrected chi connectivity index (χ1v) is 8.45. The lowest BCUT2D eigenvalue weighted by Gasteiger charge is -2.44. The molecule has 2 atom stereocenters. The van der Waals surface area contributed by atoms with Crippen LogP contribution in [0.5, 0.6) is 5.75 Å². The number of hydrogen-bond acceptors (Lipinski definition) is 5. The van der Waals surface area contributed by atoms with Crippen molar-refractivity contribution in [2.75, 3.05) is 21.3 Å². The first kappa shape index (κ1) is 17.5. The normalized spacial score (nSPS) is 27.4. The zero-order valence-corrected chi connectivity index (χ0v) is 15.4. The molecule has 1 aromatic rings. The Morgan fingerprint density at radius 2 is 1.76 bits per heavy atom. The minimum absolute atomic E-state index is 0.318. The number of rotatable bonds is 3. The number of hydrogen-bond donors (Lipinski definition) is 0. The molecule has 2 aliphatic rings. The summed E-state index contributed by atoms with van der Waals surface area (Å²) in [6.45, 7) is 3.96. The number of fused-ring (bicyclic) bond motifs is 3. The third-order valence-corrected chi connectivity index (χ3v) is 5.82. The lowest BCUT2D eigenvalue weighted by atomic mass is 9.59. The Morgan fingerprint density at radius 3 is 2.36 bits per heavy atom. The zero-order valence-electron chi connectivity index (χ0n) is 15.4. The molecule has 0 heterocycles. The Morgan fingerprint density at radius 1 is 1.04 bits per heavy atom. The Hall–Kier alpha value is -2.30. The monoisotopic (exact) mass is 344 g/mol. The quantitative estimate of drug-likeness (QED) is 0.788. The third kappa shape index (κ3) is 2.21. The summed E-state index contributed by atoms with van der Waals surface area (Å²) in [5.41, 5.74) is 1.71. The fourth-order valence-electron chi connectivity index (χ4n) is 4.76. The van der Waals surface area contributed by atoms with E-state index < -0.39 is 16.8 Å². The Balaban J connectivity index is 2.40. The topological polar surface area (TPSA) is 61.8 Å². The van der Waals surface area contributed by atoms with Crippen molar-refractivity contribution < 1.29 is 23.8 Å². The van der Waals surface area contributed by atoms with Gasteiger partial charge in [-0.2, -0.15) is 0 Å². The molecular weight excluding hydrogens is 320 g/mol. The van der Waals surface area contributed by atoms with E-state index in [1.54, 1.807) is 7.11 Å². The fourth-order valence-corrected chi connectivity index (χ4v) is 4.76. The molecule has 0 N–H and O–H groups in total. The number of carbonyl (C=O) groups excluding carboxylic acids is 2. The van der Waals surface area contributed by atoms with Gasteiger partial charge in [-0.05, 0) is 37.0 Å². The van der Waals surface area contributed by atoms with Crippen LogP contribution in [0.15, 0.2) is 23.8 Å². The highest BCUT2D eigenvalue weighted by Gasteiger charge is 2.57. The molecule has 0 unspecified atom stereocenters. The molecule has 0 bridgehead atoms. The van der Waals surface area contributed by atoms with E-state index in [-0.39, 0.29) is 5.97 Å². The van der Waals surface area contributed by atoms with Crippen molar-refractivity contribution >= 4 is 17.5 Å². The summed E-state index contributed by atoms with van der Waals surface area (Å²) >= 11 is 0. The Labute approximate surface area is 148 Å². The number of methoxy groups -OCH3 is 3. The van der Waals surface area contributed by atoms with Gasteiger partial charge >= 0.3 is 11.9 Å². The molecule has 2 aliphatic carbocycles. The minimum Gasteiger partial charge on any atom is -0.496 e. The van der Waals surface area contributed by atoms with E-state index in [4.69, 9.17) is 14.2 Å². The molecule has 0 amide bonds. The SMILES string of the molecule is COC(=O)C1=C2[C@](C)(C(=O)OC)CCC[C@@]2(C)c2cccc(OC)c21. The second-order valence-electron chi connectivity index (χ2n) is 7.13. The molecule has 1 saturated carbocycles. The molecule has 1 fully saturated rings. The van der Waals surface area contributed by atoms with Gasteiger partial charge in [-0.25, -0.2) is 4.79 Å². The van der Waals surface area contributed by atoms with E-state index in [2.05, 4.69) is 6.92 Å². The molecule has 0 aromatic heterocycles. The lowest BCUT2D eigenvalue weighted by molar-refractivity contribution is -0.151. The number of ether oxygens (including phenoxy) is 3. The van der Waals surface area contributed by atoms with Crippen LogP contribution in [0, 0.1) is 5.41 Å². The molecule has 0 aliphatic heterocycles. The second-order valence-corrected chi connectivity index (χ2v) is 7.13. The molecule has 1 aromatic carbocycles. The van der Waals surface area contributed by atoms with Gasteiger partial charge in [0.05, 0.1) is 32.3 Å². The first-order valence-electron chi connectivity index (χ1n) is 8.45. The van der Waals surface area contributed by atoms with Gasteiger partial charge in [-0.1, -0.05) is 25.5 Å². The van der Waals surface area contributed by atoms with Crippen LogP contribution in [0.1, 0.15) is 44.2 Å². The van der Waals surface area contributed by atoms with E-state index in [1.165, 1.54) is 14.2 Å². The van der Waals surface area contributed by atoms with Gasteiger partial charge in [0.25, 0.3) is 0 Å². The van der Waals surface area contributed by atoms with Gasteiger partial charge < -0.3 is 14.2 Å². The van der Waals surface area contributed by atoms with Gasteiger partial charge in [0.2, 0.25) is 0 Å². The summed E-state index contributed by atoms with van der Waals surface area (Å²) in [4.78, 5) is 25.4. The summed E-state index contributed by atoms with van der Waals surface area (Å²) < 4.78 is 15.7. The Bertz CT molecular complexity index is 778. The molecule has 5 heteroatoms. The molecular formula is C20H24O5. The zero-order chi connectivity index (χ0) is 18.4. The molecule has 134 valence electrons. The number of carbonyl (C=O) groups is 2.